The van der Waals surface area contributed by atoms with Crippen LogP contribution in [0.15, 0.2) is 81.3 Å². The number of nitrogens with one attached hydrogen (secondary N) is 2. The van der Waals surface area contributed by atoms with Crippen LogP contribution < -0.4 is 10.6 Å². The van der Waals surface area contributed by atoms with Gasteiger partial charge in [-0.15, -0.1) is 0 Å². The second-order valence-electron chi connectivity index (χ2n) is 7.49. The molecule has 1 heterocycles. The van der Waals surface area contributed by atoms with Crippen LogP contribution in [0.1, 0.15) is 41.7 Å². The third-order valence-corrected chi connectivity index (χ3v) is 6.52. The molecule has 1 aromatic heterocycles. The molecule has 5 nitrogen and oxygen atoms in total. The molecular weight excluding hydrogens is 474 g/mol. The van der Waals surface area contributed by atoms with E-state index in [1.807, 2.05) is 67.6 Å². The van der Waals surface area contributed by atoms with Crippen molar-refractivity contribution in [2.24, 2.45) is 5.92 Å². The van der Waals surface area contributed by atoms with Crippen LogP contribution >= 0.6 is 27.7 Å². The maximum absolute atomic E-state index is 13.0. The predicted octanol–water partition coefficient (Wildman–Crippen LogP) is 5.83. The number of aromatic nitrogens is 1. The van der Waals surface area contributed by atoms with Gasteiger partial charge in [-0.3, -0.25) is 9.59 Å². The highest BCUT2D eigenvalue weighted by atomic mass is 79.9. The zero-order valence-corrected chi connectivity index (χ0v) is 19.4. The fraction of sp³-hybridized carbons (Fsp3) is 0.208. The summed E-state index contributed by atoms with van der Waals surface area (Å²) in [6.45, 7) is 1.95. The number of benzene rings is 2. The molecule has 2 amide bonds. The monoisotopic (exact) mass is 495 g/mol. The molecule has 2 aromatic carbocycles. The van der Waals surface area contributed by atoms with E-state index in [0.717, 1.165) is 38.5 Å². The van der Waals surface area contributed by atoms with Crippen molar-refractivity contribution in [1.82, 2.24) is 10.3 Å². The van der Waals surface area contributed by atoms with Gasteiger partial charge in [0.2, 0.25) is 5.91 Å². The number of carbonyl (C=O) groups is 2. The zero-order chi connectivity index (χ0) is 21.8. The van der Waals surface area contributed by atoms with Crippen LogP contribution in [-0.2, 0) is 4.79 Å². The van der Waals surface area contributed by atoms with Crippen LogP contribution in [0, 0.1) is 5.92 Å². The molecule has 1 aliphatic rings. The Kier molecular flexibility index (Phi) is 6.73. The first-order valence-corrected chi connectivity index (χ1v) is 11.7. The molecule has 158 valence electrons. The van der Waals surface area contributed by atoms with E-state index >= 15 is 0 Å². The van der Waals surface area contributed by atoms with E-state index in [0.29, 0.717) is 5.56 Å². The molecular formula is C24H22BrN3O2S. The SMILES string of the molecule is C[C@@H](NC(=O)c1ccccc1Sc1ccc(Br)cn1)c1ccc(NC(=O)C2CC2)cc1. The minimum Gasteiger partial charge on any atom is -0.345 e. The van der Waals surface area contributed by atoms with Gasteiger partial charge in [0.25, 0.3) is 5.91 Å². The number of hydrogen-bond acceptors (Lipinski definition) is 4. The lowest BCUT2D eigenvalue weighted by Gasteiger charge is -2.16. The largest absolute Gasteiger partial charge is 0.345 e. The van der Waals surface area contributed by atoms with Gasteiger partial charge in [0.1, 0.15) is 5.03 Å². The lowest BCUT2D eigenvalue weighted by molar-refractivity contribution is -0.117. The summed E-state index contributed by atoms with van der Waals surface area (Å²) >= 11 is 4.84. The number of nitrogens with zero attached hydrogens (tertiary/aromatic N) is 1. The molecule has 0 saturated heterocycles. The van der Waals surface area contributed by atoms with E-state index in [2.05, 4.69) is 31.5 Å². The molecule has 1 saturated carbocycles. The van der Waals surface area contributed by atoms with Crippen LogP contribution in [0.3, 0.4) is 0 Å². The van der Waals surface area contributed by atoms with E-state index < -0.39 is 0 Å². The average molecular weight is 496 g/mol. The van der Waals surface area contributed by atoms with Crippen LogP contribution in [0.4, 0.5) is 5.69 Å². The number of rotatable bonds is 7. The Morgan fingerprint density at radius 1 is 1.06 bits per heavy atom. The van der Waals surface area contributed by atoms with Crippen molar-refractivity contribution in [3.8, 4) is 0 Å². The molecule has 1 fully saturated rings. The number of anilines is 1. The van der Waals surface area contributed by atoms with Crippen molar-refractivity contribution >= 4 is 45.2 Å². The minimum absolute atomic E-state index is 0.0865. The Morgan fingerprint density at radius 3 is 2.48 bits per heavy atom. The van der Waals surface area contributed by atoms with Crippen molar-refractivity contribution < 1.29 is 9.59 Å². The predicted molar refractivity (Wildman–Crippen MR) is 126 cm³/mol. The summed E-state index contributed by atoms with van der Waals surface area (Å²) in [5.41, 5.74) is 2.36. The molecule has 1 atom stereocenters. The Bertz CT molecular complexity index is 1080. The standard InChI is InChI=1S/C24H22BrN3O2S/c1-15(16-8-11-19(12-9-16)28-23(29)17-6-7-17)27-24(30)20-4-2-3-5-21(20)31-22-13-10-18(25)14-26-22/h2-5,8-15,17H,6-7H2,1H3,(H,27,30)(H,28,29)/t15-/m1/s1. The van der Waals surface area contributed by atoms with Crippen molar-refractivity contribution in [3.05, 3.63) is 82.5 Å². The normalized spacial score (nSPS) is 14.0. The van der Waals surface area contributed by atoms with Crippen molar-refractivity contribution in [3.63, 3.8) is 0 Å². The molecule has 0 spiro atoms. The first-order valence-electron chi connectivity index (χ1n) is 10.1. The van der Waals surface area contributed by atoms with E-state index in [1.165, 1.54) is 11.8 Å². The number of amides is 2. The average Bonchev–Trinajstić information content (AvgIpc) is 3.62. The topological polar surface area (TPSA) is 71.1 Å². The summed E-state index contributed by atoms with van der Waals surface area (Å²) in [7, 11) is 0. The third kappa shape index (κ3) is 5.74. The third-order valence-electron chi connectivity index (χ3n) is 5.02. The molecule has 4 rings (SSSR count). The number of carbonyl (C=O) groups excluding carboxylic acids is 2. The van der Waals surface area contributed by atoms with E-state index in [1.54, 1.807) is 6.20 Å². The van der Waals surface area contributed by atoms with Gasteiger partial charge in [0, 0.05) is 27.2 Å². The second-order valence-corrected chi connectivity index (χ2v) is 9.47. The second kappa shape index (κ2) is 9.66. The van der Waals surface area contributed by atoms with Crippen LogP contribution in [0.25, 0.3) is 0 Å². The minimum atomic E-state index is -0.176. The zero-order valence-electron chi connectivity index (χ0n) is 17.0. The van der Waals surface area contributed by atoms with E-state index in [-0.39, 0.29) is 23.8 Å². The number of pyridine rings is 1. The van der Waals surface area contributed by atoms with Gasteiger partial charge in [-0.1, -0.05) is 36.0 Å². The Balaban J connectivity index is 1.41. The summed E-state index contributed by atoms with van der Waals surface area (Å²) < 4.78 is 0.912. The highest BCUT2D eigenvalue weighted by Gasteiger charge is 2.29. The molecule has 2 N–H and O–H groups in total. The first kappa shape index (κ1) is 21.6. The molecule has 3 aromatic rings. The summed E-state index contributed by atoms with van der Waals surface area (Å²) in [6.07, 6.45) is 3.69. The number of hydrogen-bond donors (Lipinski definition) is 2. The molecule has 0 aliphatic heterocycles. The molecule has 31 heavy (non-hydrogen) atoms. The fourth-order valence-corrected chi connectivity index (χ4v) is 4.20. The molecule has 7 heteroatoms. The van der Waals surface area contributed by atoms with Gasteiger partial charge in [0.05, 0.1) is 11.6 Å². The number of halogens is 1. The van der Waals surface area contributed by atoms with Crippen LogP contribution in [0.2, 0.25) is 0 Å². The summed E-state index contributed by atoms with van der Waals surface area (Å²) in [6, 6.07) is 18.8. The maximum Gasteiger partial charge on any atom is 0.252 e. The quantitative estimate of drug-likeness (QED) is 0.432. The van der Waals surface area contributed by atoms with Gasteiger partial charge in [0.15, 0.2) is 0 Å². The van der Waals surface area contributed by atoms with Gasteiger partial charge in [-0.25, -0.2) is 4.98 Å². The van der Waals surface area contributed by atoms with Crippen LogP contribution in [0.5, 0.6) is 0 Å². The van der Waals surface area contributed by atoms with E-state index in [4.69, 9.17) is 0 Å². The Labute approximate surface area is 194 Å². The summed E-state index contributed by atoms with van der Waals surface area (Å²) in [4.78, 5) is 30.1. The molecule has 0 unspecified atom stereocenters. The maximum atomic E-state index is 13.0. The van der Waals surface area contributed by atoms with E-state index in [9.17, 15) is 9.59 Å². The van der Waals surface area contributed by atoms with Gasteiger partial charge >= 0.3 is 0 Å². The smallest absolute Gasteiger partial charge is 0.252 e. The Hall–Kier alpha value is -2.64. The Morgan fingerprint density at radius 2 is 1.81 bits per heavy atom. The lowest BCUT2D eigenvalue weighted by atomic mass is 10.1. The molecule has 1 aliphatic carbocycles. The van der Waals surface area contributed by atoms with Crippen molar-refractivity contribution in [2.45, 2.75) is 35.7 Å². The first-order chi connectivity index (χ1) is 15.0. The highest BCUT2D eigenvalue weighted by Crippen LogP contribution is 2.31. The van der Waals surface area contributed by atoms with Gasteiger partial charge < -0.3 is 10.6 Å². The van der Waals surface area contributed by atoms with Gasteiger partial charge in [-0.2, -0.15) is 0 Å². The highest BCUT2D eigenvalue weighted by molar-refractivity contribution is 9.10. The van der Waals surface area contributed by atoms with Crippen molar-refractivity contribution in [1.29, 1.82) is 0 Å². The summed E-state index contributed by atoms with van der Waals surface area (Å²) in [5, 5.41) is 6.82. The van der Waals surface area contributed by atoms with Crippen LogP contribution in [-0.4, -0.2) is 16.8 Å². The molecule has 0 bridgehead atoms. The van der Waals surface area contributed by atoms with Gasteiger partial charge in [-0.05, 0) is 77.7 Å². The van der Waals surface area contributed by atoms with Crippen molar-refractivity contribution in [2.75, 3.05) is 5.32 Å². The summed E-state index contributed by atoms with van der Waals surface area (Å²) in [5.74, 6) is 0.116. The lowest BCUT2D eigenvalue weighted by Crippen LogP contribution is -2.27. The fourth-order valence-electron chi connectivity index (χ4n) is 3.08. The molecule has 0 radical (unpaired) electrons.